The standard InChI is InChI=1S/C24H19N5O3/c1-15-23(24-19(25-15)11-7-13-21(24)29(31)32)17(16-8-3-2-4-9-16)14-22(30)28-20-12-6-5-10-18(20)26-27-28/h2-13,17,25H,14H2,1H3. The number of fused-ring (bicyclic) bond motifs is 2. The van der Waals surface area contributed by atoms with E-state index >= 15 is 0 Å². The van der Waals surface area contributed by atoms with Crippen molar-refractivity contribution < 1.29 is 9.72 Å². The van der Waals surface area contributed by atoms with Gasteiger partial charge in [0.2, 0.25) is 5.91 Å². The van der Waals surface area contributed by atoms with Gasteiger partial charge in [-0.3, -0.25) is 14.9 Å². The molecule has 0 amide bonds. The average molecular weight is 425 g/mol. The smallest absolute Gasteiger partial charge is 0.279 e. The number of nitrogens with one attached hydrogen (secondary N) is 1. The number of H-pyrrole nitrogens is 1. The molecule has 8 nitrogen and oxygen atoms in total. The molecule has 0 aliphatic carbocycles. The highest BCUT2D eigenvalue weighted by atomic mass is 16.6. The highest BCUT2D eigenvalue weighted by Gasteiger charge is 2.29. The fourth-order valence-corrected chi connectivity index (χ4v) is 4.36. The Morgan fingerprint density at radius 3 is 2.59 bits per heavy atom. The fourth-order valence-electron chi connectivity index (χ4n) is 4.36. The Bertz CT molecular complexity index is 1470. The number of carbonyl (C=O) groups is 1. The van der Waals surface area contributed by atoms with Crippen LogP contribution in [0, 0.1) is 17.0 Å². The summed E-state index contributed by atoms with van der Waals surface area (Å²) in [5, 5.41) is 20.5. The van der Waals surface area contributed by atoms with Gasteiger partial charge in [-0.2, -0.15) is 4.68 Å². The summed E-state index contributed by atoms with van der Waals surface area (Å²) in [4.78, 5) is 28.1. The minimum atomic E-state index is -0.401. The zero-order chi connectivity index (χ0) is 22.2. The van der Waals surface area contributed by atoms with E-state index in [4.69, 9.17) is 0 Å². The molecule has 2 heterocycles. The Morgan fingerprint density at radius 2 is 1.81 bits per heavy atom. The number of aromatic amines is 1. The molecule has 5 rings (SSSR count). The molecule has 3 aromatic carbocycles. The van der Waals surface area contributed by atoms with E-state index in [9.17, 15) is 14.9 Å². The summed E-state index contributed by atoms with van der Waals surface area (Å²) in [7, 11) is 0. The number of rotatable bonds is 5. The summed E-state index contributed by atoms with van der Waals surface area (Å²) in [6.45, 7) is 1.88. The van der Waals surface area contributed by atoms with Crippen LogP contribution in [-0.2, 0) is 0 Å². The van der Waals surface area contributed by atoms with E-state index in [0.29, 0.717) is 21.9 Å². The van der Waals surface area contributed by atoms with Gasteiger partial charge in [-0.05, 0) is 36.2 Å². The van der Waals surface area contributed by atoms with Crippen molar-refractivity contribution in [3.05, 3.63) is 99.7 Å². The first-order valence-corrected chi connectivity index (χ1v) is 10.2. The third kappa shape index (κ3) is 3.22. The second-order valence-electron chi connectivity index (χ2n) is 7.67. The Morgan fingerprint density at radius 1 is 1.06 bits per heavy atom. The number of nitrogens with zero attached hydrogens (tertiary/aromatic N) is 4. The van der Waals surface area contributed by atoms with E-state index in [1.807, 2.05) is 55.5 Å². The lowest BCUT2D eigenvalue weighted by Crippen LogP contribution is -2.17. The van der Waals surface area contributed by atoms with E-state index < -0.39 is 5.92 Å². The van der Waals surface area contributed by atoms with Gasteiger partial charge in [0, 0.05) is 24.1 Å². The fraction of sp³-hybridized carbons (Fsp3) is 0.125. The molecule has 0 aliphatic heterocycles. The maximum absolute atomic E-state index is 13.4. The van der Waals surface area contributed by atoms with Gasteiger partial charge in [-0.1, -0.05) is 53.7 Å². The first-order valence-electron chi connectivity index (χ1n) is 10.2. The molecule has 0 saturated carbocycles. The number of nitro benzene ring substituents is 1. The molecule has 158 valence electrons. The zero-order valence-corrected chi connectivity index (χ0v) is 17.2. The second-order valence-corrected chi connectivity index (χ2v) is 7.67. The number of para-hydroxylation sites is 1. The van der Waals surface area contributed by atoms with Crippen molar-refractivity contribution >= 4 is 33.5 Å². The van der Waals surface area contributed by atoms with Crippen molar-refractivity contribution in [2.45, 2.75) is 19.3 Å². The van der Waals surface area contributed by atoms with Crippen LogP contribution in [0.2, 0.25) is 0 Å². The molecule has 0 bridgehead atoms. The van der Waals surface area contributed by atoms with Crippen molar-refractivity contribution in [2.24, 2.45) is 0 Å². The number of aryl methyl sites for hydroxylation is 1. The molecule has 5 aromatic rings. The Kier molecular flexibility index (Phi) is 4.74. The summed E-state index contributed by atoms with van der Waals surface area (Å²) in [6.07, 6.45) is 0.0806. The number of benzene rings is 3. The van der Waals surface area contributed by atoms with E-state index in [-0.39, 0.29) is 22.9 Å². The van der Waals surface area contributed by atoms with Crippen LogP contribution in [0.3, 0.4) is 0 Å². The van der Waals surface area contributed by atoms with Gasteiger partial charge in [0.05, 0.1) is 21.3 Å². The maximum Gasteiger partial charge on any atom is 0.279 e. The molecule has 0 radical (unpaired) electrons. The molecule has 0 aliphatic rings. The van der Waals surface area contributed by atoms with Crippen LogP contribution in [-0.4, -0.2) is 30.8 Å². The Labute approximate surface area is 182 Å². The third-order valence-electron chi connectivity index (χ3n) is 5.75. The lowest BCUT2D eigenvalue weighted by molar-refractivity contribution is -0.383. The molecular formula is C24H19N5O3. The second kappa shape index (κ2) is 7.73. The molecule has 0 fully saturated rings. The maximum atomic E-state index is 13.4. The molecule has 1 atom stereocenters. The van der Waals surface area contributed by atoms with Gasteiger partial charge in [-0.15, -0.1) is 5.10 Å². The lowest BCUT2D eigenvalue weighted by Gasteiger charge is -2.18. The van der Waals surface area contributed by atoms with Crippen LogP contribution >= 0.6 is 0 Å². The summed E-state index contributed by atoms with van der Waals surface area (Å²) in [6, 6.07) is 21.8. The molecule has 1 N–H and O–H groups in total. The minimum Gasteiger partial charge on any atom is -0.358 e. The molecule has 32 heavy (non-hydrogen) atoms. The number of non-ortho nitro benzene ring substituents is 1. The van der Waals surface area contributed by atoms with Crippen LogP contribution in [0.5, 0.6) is 0 Å². The molecule has 1 unspecified atom stereocenters. The normalized spacial score (nSPS) is 12.3. The number of carbonyl (C=O) groups excluding carboxylic acids is 1. The molecule has 0 saturated heterocycles. The zero-order valence-electron chi connectivity index (χ0n) is 17.2. The van der Waals surface area contributed by atoms with Crippen molar-refractivity contribution in [2.75, 3.05) is 0 Å². The lowest BCUT2D eigenvalue weighted by atomic mass is 9.86. The largest absolute Gasteiger partial charge is 0.358 e. The Hall–Kier alpha value is -4.33. The van der Waals surface area contributed by atoms with Crippen LogP contribution in [0.1, 0.15) is 34.0 Å². The third-order valence-corrected chi connectivity index (χ3v) is 5.75. The summed E-state index contributed by atoms with van der Waals surface area (Å²) in [5.41, 5.74) is 4.39. The van der Waals surface area contributed by atoms with Gasteiger partial charge in [0.25, 0.3) is 5.69 Å². The van der Waals surface area contributed by atoms with E-state index in [2.05, 4.69) is 15.3 Å². The van der Waals surface area contributed by atoms with Crippen molar-refractivity contribution in [3.8, 4) is 0 Å². The Balaban J connectivity index is 1.67. The van der Waals surface area contributed by atoms with E-state index in [1.165, 1.54) is 10.7 Å². The van der Waals surface area contributed by atoms with Crippen LogP contribution in [0.15, 0.2) is 72.8 Å². The molecule has 8 heteroatoms. The summed E-state index contributed by atoms with van der Waals surface area (Å²) >= 11 is 0. The highest BCUT2D eigenvalue weighted by Crippen LogP contribution is 2.40. The van der Waals surface area contributed by atoms with E-state index in [0.717, 1.165) is 16.8 Å². The minimum absolute atomic E-state index is 0.0152. The quantitative estimate of drug-likeness (QED) is 0.315. The molecule has 2 aromatic heterocycles. The number of hydrogen-bond donors (Lipinski definition) is 1. The first kappa shape index (κ1) is 19.6. The van der Waals surface area contributed by atoms with E-state index in [1.54, 1.807) is 18.2 Å². The number of nitro groups is 1. The first-order chi connectivity index (χ1) is 15.5. The predicted octanol–water partition coefficient (Wildman–Crippen LogP) is 4.99. The number of aromatic nitrogens is 4. The number of hydrogen-bond acceptors (Lipinski definition) is 5. The van der Waals surface area contributed by atoms with Gasteiger partial charge < -0.3 is 4.98 Å². The van der Waals surface area contributed by atoms with Gasteiger partial charge >= 0.3 is 0 Å². The molecule has 0 spiro atoms. The van der Waals surface area contributed by atoms with Gasteiger partial charge in [0.15, 0.2) is 0 Å². The van der Waals surface area contributed by atoms with Crippen LogP contribution in [0.4, 0.5) is 5.69 Å². The van der Waals surface area contributed by atoms with Crippen LogP contribution < -0.4 is 0 Å². The summed E-state index contributed by atoms with van der Waals surface area (Å²) in [5.74, 6) is -0.638. The predicted molar refractivity (Wildman–Crippen MR) is 121 cm³/mol. The molecular weight excluding hydrogens is 406 g/mol. The van der Waals surface area contributed by atoms with Gasteiger partial charge in [-0.25, -0.2) is 0 Å². The van der Waals surface area contributed by atoms with Crippen molar-refractivity contribution in [1.82, 2.24) is 20.0 Å². The topological polar surface area (TPSA) is 107 Å². The summed E-state index contributed by atoms with van der Waals surface area (Å²) < 4.78 is 1.31. The van der Waals surface area contributed by atoms with Crippen LogP contribution in [0.25, 0.3) is 21.9 Å². The van der Waals surface area contributed by atoms with Crippen molar-refractivity contribution in [1.29, 1.82) is 0 Å². The monoisotopic (exact) mass is 425 g/mol. The SMILES string of the molecule is Cc1[nH]c2cccc([N+](=O)[O-])c2c1C(CC(=O)n1nnc2ccccc21)c1ccccc1. The van der Waals surface area contributed by atoms with Crippen molar-refractivity contribution in [3.63, 3.8) is 0 Å². The van der Waals surface area contributed by atoms with Gasteiger partial charge in [0.1, 0.15) is 5.52 Å². The average Bonchev–Trinajstić information content (AvgIpc) is 3.38. The highest BCUT2D eigenvalue weighted by molar-refractivity contribution is 5.95.